The Kier molecular flexibility index (Phi) is 6.80. The number of benzene rings is 3. The molecule has 3 aromatic carbocycles. The molecule has 0 amide bonds. The van der Waals surface area contributed by atoms with Crippen LogP contribution in [0.15, 0.2) is 91.5 Å². The molecule has 1 heteroatoms. The number of nitrogens with zero attached hydrogens (tertiary/aromatic N) is 1. The molecular weight excluding hydrogens is 314 g/mol. The van der Waals surface area contributed by atoms with Gasteiger partial charge in [-0.2, -0.15) is 0 Å². The van der Waals surface area contributed by atoms with Gasteiger partial charge in [-0.1, -0.05) is 88.9 Å². The third-order valence-electron chi connectivity index (χ3n) is 3.42. The van der Waals surface area contributed by atoms with Crippen LogP contribution in [0.2, 0.25) is 0 Å². The van der Waals surface area contributed by atoms with Gasteiger partial charge < -0.3 is 4.90 Å². The zero-order chi connectivity index (χ0) is 19.0. The summed E-state index contributed by atoms with van der Waals surface area (Å²) in [4.78, 5) is 2.24. The minimum Gasteiger partial charge on any atom is -0.311 e. The lowest BCUT2D eigenvalue weighted by Crippen LogP contribution is -2.09. The van der Waals surface area contributed by atoms with Gasteiger partial charge in [0.15, 0.2) is 0 Å². The van der Waals surface area contributed by atoms with Crippen LogP contribution < -0.4 is 4.90 Å². The summed E-state index contributed by atoms with van der Waals surface area (Å²) in [6, 6.07) is 29.2. The molecule has 0 saturated heterocycles. The summed E-state index contributed by atoms with van der Waals surface area (Å²) in [5, 5.41) is 0. The summed E-state index contributed by atoms with van der Waals surface area (Å²) in [7, 11) is 0. The quantitative estimate of drug-likeness (QED) is 0.466. The van der Waals surface area contributed by atoms with Crippen LogP contribution in [0.1, 0.15) is 33.3 Å². The van der Waals surface area contributed by atoms with Crippen LogP contribution in [0.25, 0.3) is 6.08 Å². The molecule has 0 bridgehead atoms. The lowest BCUT2D eigenvalue weighted by atomic mass is 10.0. The molecule has 26 heavy (non-hydrogen) atoms. The molecule has 3 aromatic rings. The Morgan fingerprint density at radius 3 is 1.31 bits per heavy atom. The first-order valence-electron chi connectivity index (χ1n) is 9.01. The zero-order valence-corrected chi connectivity index (χ0v) is 16.3. The van der Waals surface area contributed by atoms with Gasteiger partial charge in [-0.15, -0.1) is 0 Å². The van der Waals surface area contributed by atoms with Crippen molar-refractivity contribution in [1.29, 1.82) is 0 Å². The minimum atomic E-state index is 0.500. The van der Waals surface area contributed by atoms with Crippen LogP contribution >= 0.6 is 0 Å². The Morgan fingerprint density at radius 2 is 0.962 bits per heavy atom. The van der Waals surface area contributed by atoms with E-state index in [-0.39, 0.29) is 0 Å². The third-order valence-corrected chi connectivity index (χ3v) is 3.42. The highest BCUT2D eigenvalue weighted by molar-refractivity contribution is 5.76. The number of hydrogen-bond donors (Lipinski definition) is 0. The summed E-state index contributed by atoms with van der Waals surface area (Å²) in [6.45, 7) is 12.6. The molecule has 0 aliphatic carbocycles. The normalized spacial score (nSPS) is 10.5. The lowest BCUT2D eigenvalue weighted by molar-refractivity contribution is 0.469. The molecule has 0 spiro atoms. The van der Waals surface area contributed by atoms with Crippen LogP contribution in [0, 0.1) is 5.41 Å². The molecule has 0 heterocycles. The van der Waals surface area contributed by atoms with E-state index in [1.54, 1.807) is 0 Å². The zero-order valence-electron chi connectivity index (χ0n) is 16.3. The molecule has 0 N–H and O–H groups in total. The third kappa shape index (κ3) is 6.25. The first-order chi connectivity index (χ1) is 12.4. The molecule has 0 fully saturated rings. The van der Waals surface area contributed by atoms with Crippen molar-refractivity contribution < 1.29 is 0 Å². The van der Waals surface area contributed by atoms with Gasteiger partial charge in [0, 0.05) is 17.1 Å². The van der Waals surface area contributed by atoms with E-state index in [2.05, 4.69) is 112 Å². The van der Waals surface area contributed by atoms with Crippen molar-refractivity contribution in [1.82, 2.24) is 0 Å². The summed E-state index contributed by atoms with van der Waals surface area (Å²) in [5.41, 5.74) is 5.06. The smallest absolute Gasteiger partial charge is 0.0462 e. The van der Waals surface area contributed by atoms with Gasteiger partial charge in [0.25, 0.3) is 0 Å². The molecule has 0 saturated carbocycles. The first kappa shape index (κ1) is 19.5. The molecule has 134 valence electrons. The van der Waals surface area contributed by atoms with E-state index < -0.39 is 0 Å². The van der Waals surface area contributed by atoms with Crippen LogP contribution in [0.5, 0.6) is 0 Å². The molecule has 1 nitrogen and oxygen atoms in total. The van der Waals surface area contributed by atoms with Crippen molar-refractivity contribution >= 4 is 23.1 Å². The Balaban J connectivity index is 0.000000431. The number of anilines is 3. The maximum atomic E-state index is 3.81. The molecule has 0 atom stereocenters. The van der Waals surface area contributed by atoms with Crippen LogP contribution in [0.3, 0.4) is 0 Å². The topological polar surface area (TPSA) is 3.24 Å². The highest BCUT2D eigenvalue weighted by Gasteiger charge is 2.10. The van der Waals surface area contributed by atoms with E-state index in [1.165, 1.54) is 0 Å². The summed E-state index contributed by atoms with van der Waals surface area (Å²) < 4.78 is 0. The predicted molar refractivity (Wildman–Crippen MR) is 116 cm³/mol. The van der Waals surface area contributed by atoms with E-state index in [0.29, 0.717) is 5.41 Å². The van der Waals surface area contributed by atoms with Gasteiger partial charge in [-0.3, -0.25) is 0 Å². The number of para-hydroxylation sites is 2. The predicted octanol–water partition coefficient (Wildman–Crippen LogP) is 7.85. The van der Waals surface area contributed by atoms with Gasteiger partial charge in [-0.25, -0.2) is 0 Å². The summed E-state index contributed by atoms with van der Waals surface area (Å²) in [6.07, 6.45) is 1.86. The van der Waals surface area contributed by atoms with Crippen molar-refractivity contribution in [2.24, 2.45) is 5.41 Å². The van der Waals surface area contributed by atoms with Crippen LogP contribution in [-0.4, -0.2) is 0 Å². The van der Waals surface area contributed by atoms with E-state index in [4.69, 9.17) is 0 Å². The highest BCUT2D eigenvalue weighted by atomic mass is 15.1. The Bertz CT molecular complexity index is 736. The van der Waals surface area contributed by atoms with Crippen LogP contribution in [0.4, 0.5) is 17.1 Å². The summed E-state index contributed by atoms with van der Waals surface area (Å²) >= 11 is 0. The standard InChI is InChI=1S/C20H17N.C5H12/c1-2-17-13-15-20(16-14-17)21(18-9-5-3-6-10-18)19-11-7-4-8-12-19;1-5(2,3)4/h2-16H,1H2;1-4H3. The van der Waals surface area contributed by atoms with Crippen molar-refractivity contribution in [2.45, 2.75) is 27.7 Å². The molecule has 0 radical (unpaired) electrons. The molecule has 0 aliphatic rings. The van der Waals surface area contributed by atoms with Crippen molar-refractivity contribution in [3.8, 4) is 0 Å². The molecule has 0 aromatic heterocycles. The monoisotopic (exact) mass is 343 g/mol. The van der Waals surface area contributed by atoms with Gasteiger partial charge >= 0.3 is 0 Å². The lowest BCUT2D eigenvalue weighted by Gasteiger charge is -2.25. The maximum Gasteiger partial charge on any atom is 0.0462 e. The fraction of sp³-hybridized carbons (Fsp3) is 0.200. The maximum absolute atomic E-state index is 3.81. The van der Waals surface area contributed by atoms with Gasteiger partial charge in [0.2, 0.25) is 0 Å². The number of hydrogen-bond acceptors (Lipinski definition) is 1. The fourth-order valence-electron chi connectivity index (χ4n) is 2.36. The van der Waals surface area contributed by atoms with Crippen molar-refractivity contribution in [3.63, 3.8) is 0 Å². The highest BCUT2D eigenvalue weighted by Crippen LogP contribution is 2.33. The minimum absolute atomic E-state index is 0.500. The average molecular weight is 344 g/mol. The Labute approximate surface area is 158 Å². The van der Waals surface area contributed by atoms with Crippen molar-refractivity contribution in [3.05, 3.63) is 97.1 Å². The number of rotatable bonds is 4. The Morgan fingerprint density at radius 1 is 0.615 bits per heavy atom. The molecule has 0 aliphatic heterocycles. The largest absolute Gasteiger partial charge is 0.311 e. The van der Waals surface area contributed by atoms with Crippen LogP contribution in [-0.2, 0) is 0 Å². The van der Waals surface area contributed by atoms with E-state index in [0.717, 1.165) is 22.6 Å². The van der Waals surface area contributed by atoms with Crippen molar-refractivity contribution in [2.75, 3.05) is 4.90 Å². The Hall–Kier alpha value is -2.80. The van der Waals surface area contributed by atoms with Gasteiger partial charge in [0.05, 0.1) is 0 Å². The first-order valence-corrected chi connectivity index (χ1v) is 9.01. The second-order valence-electron chi connectivity index (χ2n) is 7.80. The van der Waals surface area contributed by atoms with E-state index in [9.17, 15) is 0 Å². The summed E-state index contributed by atoms with van der Waals surface area (Å²) in [5.74, 6) is 0. The molecular formula is C25H29N. The van der Waals surface area contributed by atoms with Gasteiger partial charge in [0.1, 0.15) is 0 Å². The SMILES string of the molecule is C=Cc1ccc(N(c2ccccc2)c2ccccc2)cc1.CC(C)(C)C. The fourth-order valence-corrected chi connectivity index (χ4v) is 2.36. The second-order valence-corrected chi connectivity index (χ2v) is 7.80. The molecule has 0 unspecified atom stereocenters. The molecule has 3 rings (SSSR count). The average Bonchev–Trinajstić information content (AvgIpc) is 2.63. The van der Waals surface area contributed by atoms with Gasteiger partial charge in [-0.05, 0) is 47.4 Å². The van der Waals surface area contributed by atoms with E-state index >= 15 is 0 Å². The second kappa shape index (κ2) is 9.05. The van der Waals surface area contributed by atoms with E-state index in [1.807, 2.05) is 18.2 Å².